The maximum Gasteiger partial charge on any atom is 0.252 e. The summed E-state index contributed by atoms with van der Waals surface area (Å²) in [6.45, 7) is 0. The lowest BCUT2D eigenvalue weighted by Crippen LogP contribution is -2.12. The van der Waals surface area contributed by atoms with Crippen molar-refractivity contribution in [1.82, 2.24) is 9.97 Å². The molecule has 2 aromatic rings. The lowest BCUT2D eigenvalue weighted by atomic mass is 10.1. The van der Waals surface area contributed by atoms with Gasteiger partial charge in [-0.1, -0.05) is 30.3 Å². The van der Waals surface area contributed by atoms with E-state index in [9.17, 15) is 4.79 Å². The van der Waals surface area contributed by atoms with Crippen molar-refractivity contribution in [3.8, 4) is 0 Å². The summed E-state index contributed by atoms with van der Waals surface area (Å²) in [5.74, 6) is 0.903. The van der Waals surface area contributed by atoms with Crippen LogP contribution in [0.25, 0.3) is 0 Å². The van der Waals surface area contributed by atoms with Crippen LogP contribution in [0.4, 0.5) is 5.82 Å². The standard InChI is InChI=1S/C12H13N3O/c13-10-8-12(16)15-11(14-10)7-6-9-4-2-1-3-5-9/h1-5,8H,6-7H2,(H3,13,14,15,16). The van der Waals surface area contributed by atoms with Crippen molar-refractivity contribution in [2.75, 3.05) is 5.73 Å². The second-order valence-electron chi connectivity index (χ2n) is 3.60. The van der Waals surface area contributed by atoms with E-state index in [2.05, 4.69) is 9.97 Å². The number of aryl methyl sites for hydroxylation is 2. The fourth-order valence-corrected chi connectivity index (χ4v) is 1.55. The molecule has 2 rings (SSSR count). The zero-order valence-corrected chi connectivity index (χ0v) is 8.81. The molecule has 0 saturated heterocycles. The maximum absolute atomic E-state index is 11.1. The van der Waals surface area contributed by atoms with Crippen molar-refractivity contribution < 1.29 is 0 Å². The highest BCUT2D eigenvalue weighted by Gasteiger charge is 1.99. The Morgan fingerprint density at radius 1 is 1.19 bits per heavy atom. The summed E-state index contributed by atoms with van der Waals surface area (Å²) < 4.78 is 0. The van der Waals surface area contributed by atoms with Crippen LogP contribution in [0.2, 0.25) is 0 Å². The number of hydrogen-bond acceptors (Lipinski definition) is 3. The lowest BCUT2D eigenvalue weighted by Gasteiger charge is -2.01. The SMILES string of the molecule is Nc1cc(=O)[nH]c(CCc2ccccc2)n1. The highest BCUT2D eigenvalue weighted by molar-refractivity contribution is 5.25. The number of anilines is 1. The Bertz CT molecular complexity index is 519. The zero-order valence-electron chi connectivity index (χ0n) is 8.81. The molecule has 0 saturated carbocycles. The molecule has 0 aliphatic carbocycles. The first-order valence-corrected chi connectivity index (χ1v) is 5.14. The van der Waals surface area contributed by atoms with Gasteiger partial charge in [-0.3, -0.25) is 4.79 Å². The predicted molar refractivity (Wildman–Crippen MR) is 63.1 cm³/mol. The highest BCUT2D eigenvalue weighted by Crippen LogP contribution is 2.03. The second-order valence-corrected chi connectivity index (χ2v) is 3.60. The third-order valence-corrected chi connectivity index (χ3v) is 2.30. The predicted octanol–water partition coefficient (Wildman–Crippen LogP) is 1.14. The normalized spacial score (nSPS) is 10.2. The average Bonchev–Trinajstić information content (AvgIpc) is 2.27. The molecule has 0 aliphatic heterocycles. The molecule has 1 aromatic carbocycles. The smallest absolute Gasteiger partial charge is 0.252 e. The molecule has 16 heavy (non-hydrogen) atoms. The van der Waals surface area contributed by atoms with Crippen molar-refractivity contribution in [1.29, 1.82) is 0 Å². The first-order chi connectivity index (χ1) is 7.74. The topological polar surface area (TPSA) is 71.8 Å². The summed E-state index contributed by atoms with van der Waals surface area (Å²) >= 11 is 0. The van der Waals surface area contributed by atoms with E-state index in [0.717, 1.165) is 6.42 Å². The van der Waals surface area contributed by atoms with E-state index in [1.165, 1.54) is 11.6 Å². The van der Waals surface area contributed by atoms with E-state index in [-0.39, 0.29) is 11.4 Å². The van der Waals surface area contributed by atoms with Crippen LogP contribution >= 0.6 is 0 Å². The number of aromatic amines is 1. The van der Waals surface area contributed by atoms with E-state index in [1.54, 1.807) is 0 Å². The molecule has 1 heterocycles. The minimum Gasteiger partial charge on any atom is -0.383 e. The van der Waals surface area contributed by atoms with Crippen molar-refractivity contribution in [3.05, 3.63) is 58.1 Å². The molecule has 0 fully saturated rings. The van der Waals surface area contributed by atoms with Gasteiger partial charge >= 0.3 is 0 Å². The molecule has 0 bridgehead atoms. The van der Waals surface area contributed by atoms with Crippen molar-refractivity contribution >= 4 is 5.82 Å². The number of hydrogen-bond donors (Lipinski definition) is 2. The number of aromatic nitrogens is 2. The van der Waals surface area contributed by atoms with Gasteiger partial charge in [0.25, 0.3) is 5.56 Å². The summed E-state index contributed by atoms with van der Waals surface area (Å²) in [6.07, 6.45) is 1.53. The Kier molecular flexibility index (Phi) is 3.00. The minimum absolute atomic E-state index is 0.199. The van der Waals surface area contributed by atoms with Gasteiger partial charge in [0.05, 0.1) is 0 Å². The molecule has 4 heteroatoms. The fourth-order valence-electron chi connectivity index (χ4n) is 1.55. The van der Waals surface area contributed by atoms with Crippen LogP contribution in [0, 0.1) is 0 Å². The van der Waals surface area contributed by atoms with Crippen LogP contribution < -0.4 is 11.3 Å². The maximum atomic E-state index is 11.1. The summed E-state index contributed by atoms with van der Waals surface area (Å²) in [5, 5.41) is 0. The van der Waals surface area contributed by atoms with Crippen LogP contribution in [0.3, 0.4) is 0 Å². The number of rotatable bonds is 3. The Balaban J connectivity index is 2.08. The number of nitrogens with one attached hydrogen (secondary N) is 1. The molecule has 1 aromatic heterocycles. The number of nitrogens with two attached hydrogens (primary N) is 1. The van der Waals surface area contributed by atoms with E-state index in [4.69, 9.17) is 5.73 Å². The zero-order chi connectivity index (χ0) is 11.4. The van der Waals surface area contributed by atoms with Gasteiger partial charge in [-0.2, -0.15) is 0 Å². The Labute approximate surface area is 93.2 Å². The molecule has 0 aliphatic rings. The molecule has 4 nitrogen and oxygen atoms in total. The molecule has 0 spiro atoms. The van der Waals surface area contributed by atoms with Crippen LogP contribution in [0.1, 0.15) is 11.4 Å². The quantitative estimate of drug-likeness (QED) is 0.806. The van der Waals surface area contributed by atoms with E-state index < -0.39 is 0 Å². The van der Waals surface area contributed by atoms with Crippen LogP contribution in [-0.4, -0.2) is 9.97 Å². The molecule has 82 valence electrons. The largest absolute Gasteiger partial charge is 0.383 e. The van der Waals surface area contributed by atoms with Gasteiger partial charge in [0.1, 0.15) is 11.6 Å². The number of H-pyrrole nitrogens is 1. The third kappa shape index (κ3) is 2.70. The van der Waals surface area contributed by atoms with Gasteiger partial charge in [-0.15, -0.1) is 0 Å². The van der Waals surface area contributed by atoms with Gasteiger partial charge in [0, 0.05) is 12.5 Å². The second kappa shape index (κ2) is 4.61. The Morgan fingerprint density at radius 2 is 1.94 bits per heavy atom. The number of nitrogen functional groups attached to an aromatic ring is 1. The molecule has 0 radical (unpaired) electrons. The van der Waals surface area contributed by atoms with E-state index in [1.807, 2.05) is 30.3 Å². The summed E-state index contributed by atoms with van der Waals surface area (Å²) in [4.78, 5) is 17.9. The van der Waals surface area contributed by atoms with Gasteiger partial charge in [0.2, 0.25) is 0 Å². The summed E-state index contributed by atoms with van der Waals surface area (Å²) in [6, 6.07) is 11.3. The molecular formula is C12H13N3O. The van der Waals surface area contributed by atoms with Gasteiger partial charge in [-0.05, 0) is 12.0 Å². The Hall–Kier alpha value is -2.10. The van der Waals surface area contributed by atoms with Crippen LogP contribution in [0.5, 0.6) is 0 Å². The lowest BCUT2D eigenvalue weighted by molar-refractivity contribution is 0.851. The summed E-state index contributed by atoms with van der Waals surface area (Å²) in [5.41, 5.74) is 6.51. The van der Waals surface area contributed by atoms with Gasteiger partial charge in [0.15, 0.2) is 0 Å². The third-order valence-electron chi connectivity index (χ3n) is 2.30. The first kappa shape index (κ1) is 10.4. The monoisotopic (exact) mass is 215 g/mol. The molecule has 0 atom stereocenters. The fraction of sp³-hybridized carbons (Fsp3) is 0.167. The molecule has 3 N–H and O–H groups in total. The molecule has 0 amide bonds. The van der Waals surface area contributed by atoms with Gasteiger partial charge < -0.3 is 10.7 Å². The Morgan fingerprint density at radius 3 is 2.62 bits per heavy atom. The minimum atomic E-state index is -0.199. The highest BCUT2D eigenvalue weighted by atomic mass is 16.1. The number of benzene rings is 1. The van der Waals surface area contributed by atoms with Crippen molar-refractivity contribution in [2.45, 2.75) is 12.8 Å². The van der Waals surface area contributed by atoms with Crippen molar-refractivity contribution in [2.24, 2.45) is 0 Å². The van der Waals surface area contributed by atoms with E-state index in [0.29, 0.717) is 12.2 Å². The first-order valence-electron chi connectivity index (χ1n) is 5.14. The van der Waals surface area contributed by atoms with Gasteiger partial charge in [-0.25, -0.2) is 4.98 Å². The van der Waals surface area contributed by atoms with Crippen LogP contribution in [-0.2, 0) is 12.8 Å². The summed E-state index contributed by atoms with van der Waals surface area (Å²) in [7, 11) is 0. The molecular weight excluding hydrogens is 202 g/mol. The molecule has 0 unspecified atom stereocenters. The average molecular weight is 215 g/mol. The number of nitrogens with zero attached hydrogens (tertiary/aromatic N) is 1. The van der Waals surface area contributed by atoms with Crippen LogP contribution in [0.15, 0.2) is 41.2 Å². The van der Waals surface area contributed by atoms with Crippen molar-refractivity contribution in [3.63, 3.8) is 0 Å². The van der Waals surface area contributed by atoms with E-state index >= 15 is 0 Å².